The number of hydrogen-bond donors (Lipinski definition) is 2. The summed E-state index contributed by atoms with van der Waals surface area (Å²) in [7, 11) is 0. The molecule has 6 nitrogen and oxygen atoms in total. The number of allylic oxidation sites excluding steroid dienone is 2. The maximum Gasteiger partial charge on any atom is 2.00 e. The summed E-state index contributed by atoms with van der Waals surface area (Å²) in [4.78, 5) is 20.3. The van der Waals surface area contributed by atoms with Crippen molar-refractivity contribution in [3.63, 3.8) is 0 Å². The van der Waals surface area contributed by atoms with Crippen LogP contribution in [-0.4, -0.2) is 116 Å². The van der Waals surface area contributed by atoms with E-state index in [4.69, 9.17) is 10.2 Å². The number of aromatic hydroxyl groups is 2. The minimum atomic E-state index is -1.36. The Morgan fingerprint density at radius 2 is 1.03 bits per heavy atom. The van der Waals surface area contributed by atoms with Crippen molar-refractivity contribution in [3.8, 4) is 11.5 Å². The molecule has 0 spiro atoms. The molecule has 0 aliphatic heterocycles. The molecule has 0 radical (unpaired) electrons. The van der Waals surface area contributed by atoms with Crippen LogP contribution in [0.25, 0.3) is 0 Å². The first-order chi connectivity index (χ1) is 13.3. The number of carboxylic acid groups (broad SMARTS) is 2. The average molecular weight is 442 g/mol. The molecule has 0 unspecified atom stereocenters. The molecule has 0 saturated heterocycles. The van der Waals surface area contributed by atoms with Crippen LogP contribution in [0.2, 0.25) is 7.34 Å². The quantitative estimate of drug-likeness (QED) is 0.530. The Hall–Kier alpha value is -0.280. The zero-order valence-electron chi connectivity index (χ0n) is 16.8. The van der Waals surface area contributed by atoms with Crippen LogP contribution in [0.1, 0.15) is 20.7 Å². The van der Waals surface area contributed by atoms with Gasteiger partial charge in [-0.3, -0.25) is 0 Å². The van der Waals surface area contributed by atoms with Gasteiger partial charge in [0, 0.05) is 11.1 Å². The molecule has 2 N–H and O–H groups in total. The Morgan fingerprint density at radius 3 is 1.17 bits per heavy atom. The summed E-state index contributed by atoms with van der Waals surface area (Å²) >= 11 is 2.54. The van der Waals surface area contributed by atoms with Crippen molar-refractivity contribution in [1.82, 2.24) is 0 Å². The summed E-state index contributed by atoms with van der Waals surface area (Å²) in [5.74, 6) is -3.25. The Kier molecular flexibility index (Phi) is 25.8. The van der Waals surface area contributed by atoms with Crippen molar-refractivity contribution < 1.29 is 30.0 Å². The largest absolute Gasteiger partial charge is 2.00 e. The van der Waals surface area contributed by atoms with Crippen molar-refractivity contribution >= 4 is 106 Å². The molecule has 0 atom stereocenters. The predicted octanol–water partition coefficient (Wildman–Crippen LogP) is 0.649. The normalized spacial score (nSPS) is 8.14. The molecule has 0 fully saturated rings. The van der Waals surface area contributed by atoms with Gasteiger partial charge < -0.3 is 30.0 Å². The smallest absolute Gasteiger partial charge is 0.545 e. The minimum absolute atomic E-state index is 0. The first-order valence-electron chi connectivity index (χ1n) is 8.47. The Bertz CT molecular complexity index is 690. The van der Waals surface area contributed by atoms with E-state index < -0.39 is 11.9 Å². The van der Waals surface area contributed by atoms with Crippen molar-refractivity contribution in [2.45, 2.75) is 7.34 Å². The summed E-state index contributed by atoms with van der Waals surface area (Å²) in [6.07, 6.45) is 3.87. The number of rotatable bonds is 4. The summed E-state index contributed by atoms with van der Waals surface area (Å²) in [6.45, 7) is 7.03. The fourth-order valence-electron chi connectivity index (χ4n) is 1.29. The van der Waals surface area contributed by atoms with E-state index in [1.165, 1.54) is 99.6 Å². The molecule has 140 valence electrons. The topological polar surface area (TPSA) is 121 Å². The van der Waals surface area contributed by atoms with Crippen LogP contribution in [-0.2, 0) is 0 Å². The van der Waals surface area contributed by atoms with E-state index in [0.717, 1.165) is 0 Å². The van der Waals surface area contributed by atoms with E-state index in [1.807, 2.05) is 12.2 Å². The van der Waals surface area contributed by atoms with Gasteiger partial charge in [-0.15, -0.1) is 0 Å². The SMILES string of the molecule is C=C[CH2][Na].C=C[CH2][Na].O=C([O-])c1ccccc1O.O=C([O-])c1ccccc1O.[Ca+2]. The third-order valence-electron chi connectivity index (χ3n) is 2.83. The standard InChI is InChI=1S/2C7H6O3.2C3H5.Ca.2Na/c2*8-6-4-2-1-3-5(6)7(9)10;2*1-3-2;;;/h2*1-4,8H,(H,9,10);2*3H,1-2H2;;;/q;;;;+2;;/p-2. The Morgan fingerprint density at radius 1 is 0.793 bits per heavy atom. The zero-order valence-corrected chi connectivity index (χ0v) is 23.0. The van der Waals surface area contributed by atoms with Gasteiger partial charge in [0.2, 0.25) is 0 Å². The van der Waals surface area contributed by atoms with Crippen LogP contribution in [0, 0.1) is 0 Å². The molecule has 29 heavy (non-hydrogen) atoms. The van der Waals surface area contributed by atoms with Gasteiger partial charge in [-0.25, -0.2) is 0 Å². The first kappa shape index (κ1) is 33.4. The van der Waals surface area contributed by atoms with Gasteiger partial charge in [-0.05, 0) is 24.3 Å². The summed E-state index contributed by atoms with van der Waals surface area (Å²) in [5.41, 5.74) is -0.356. The van der Waals surface area contributed by atoms with Gasteiger partial charge in [-0.1, -0.05) is 24.3 Å². The number of para-hydroxylation sites is 2. The number of carboxylic acids is 2. The van der Waals surface area contributed by atoms with Gasteiger partial charge in [0.1, 0.15) is 11.5 Å². The summed E-state index contributed by atoms with van der Waals surface area (Å²) in [5, 5.41) is 38.0. The van der Waals surface area contributed by atoms with E-state index in [1.54, 1.807) is 12.1 Å². The van der Waals surface area contributed by atoms with Crippen LogP contribution in [0.4, 0.5) is 0 Å². The molecule has 0 aliphatic rings. The second kappa shape index (κ2) is 22.4. The second-order valence-corrected chi connectivity index (χ2v) is 6.64. The van der Waals surface area contributed by atoms with Gasteiger partial charge in [0.15, 0.2) is 0 Å². The fraction of sp³-hybridized carbons (Fsp3) is 0.100. The molecule has 0 aromatic heterocycles. The molecule has 0 aliphatic carbocycles. The molecule has 2 aromatic rings. The summed E-state index contributed by atoms with van der Waals surface area (Å²) in [6, 6.07) is 11.3. The Balaban J connectivity index is -0.000000336. The van der Waals surface area contributed by atoms with Gasteiger partial charge in [0.25, 0.3) is 0 Å². The molecule has 2 rings (SSSR count). The maximum atomic E-state index is 10.2. The molecule has 2 aromatic carbocycles. The molecule has 0 bridgehead atoms. The van der Waals surface area contributed by atoms with Crippen LogP contribution < -0.4 is 10.2 Å². The van der Waals surface area contributed by atoms with E-state index >= 15 is 0 Å². The number of carbonyl (C=O) groups is 2. The van der Waals surface area contributed by atoms with Gasteiger partial charge in [0.05, 0.1) is 11.9 Å². The van der Waals surface area contributed by atoms with E-state index in [9.17, 15) is 19.8 Å². The number of benzene rings is 2. The van der Waals surface area contributed by atoms with Crippen molar-refractivity contribution in [3.05, 3.63) is 85.0 Å². The minimum Gasteiger partial charge on any atom is -0.545 e. The van der Waals surface area contributed by atoms with Crippen molar-refractivity contribution in [1.29, 1.82) is 0 Å². The van der Waals surface area contributed by atoms with Crippen LogP contribution >= 0.6 is 0 Å². The van der Waals surface area contributed by atoms with Crippen LogP contribution in [0.15, 0.2) is 73.8 Å². The number of carbonyl (C=O) groups excluding carboxylic acids is 2. The van der Waals surface area contributed by atoms with Crippen molar-refractivity contribution in [2.24, 2.45) is 0 Å². The van der Waals surface area contributed by atoms with E-state index in [-0.39, 0.29) is 60.4 Å². The average Bonchev–Trinajstić information content (AvgIpc) is 2.69. The van der Waals surface area contributed by atoms with Crippen LogP contribution in [0.5, 0.6) is 11.5 Å². The third kappa shape index (κ3) is 18.2. The number of phenols is 2. The first-order valence-corrected chi connectivity index (χ1v) is 11.3. The molecule has 0 amide bonds. The third-order valence-corrected chi connectivity index (χ3v) is 3.98. The predicted molar refractivity (Wildman–Crippen MR) is 112 cm³/mol. The fourth-order valence-corrected chi connectivity index (χ4v) is 1.29. The molecule has 0 saturated carbocycles. The monoisotopic (exact) mass is 442 g/mol. The Labute approximate surface area is 236 Å². The van der Waals surface area contributed by atoms with E-state index in [2.05, 4.69) is 13.2 Å². The van der Waals surface area contributed by atoms with Crippen molar-refractivity contribution in [2.75, 3.05) is 0 Å². The van der Waals surface area contributed by atoms with E-state index in [0.29, 0.717) is 0 Å². The maximum absolute atomic E-state index is 10.2. The zero-order chi connectivity index (χ0) is 21.9. The molecular weight excluding hydrogens is 422 g/mol. The number of hydrogen-bond acceptors (Lipinski definition) is 6. The second-order valence-electron chi connectivity index (χ2n) is 5.00. The summed E-state index contributed by atoms with van der Waals surface area (Å²) < 4.78 is 2.44. The van der Waals surface area contributed by atoms with Crippen LogP contribution in [0.3, 0.4) is 0 Å². The number of aromatic carboxylic acids is 2. The molecular formula is C20H20CaNa2O6. The molecule has 0 heterocycles. The van der Waals surface area contributed by atoms with Gasteiger partial charge >= 0.3 is 126 Å². The molecule has 9 heteroatoms. The van der Waals surface area contributed by atoms with Gasteiger partial charge in [-0.2, -0.15) is 0 Å².